The molecule has 0 fully saturated rings. The number of nitrogens with zero attached hydrogens (tertiary/aromatic N) is 3. The molecule has 0 aromatic heterocycles. The van der Waals surface area contributed by atoms with Gasteiger partial charge in [0, 0.05) is 19.2 Å². The summed E-state index contributed by atoms with van der Waals surface area (Å²) in [6, 6.07) is 3.56. The number of nitrogens with one attached hydrogen (secondary N) is 1. The third-order valence-electron chi connectivity index (χ3n) is 4.27. The van der Waals surface area contributed by atoms with Gasteiger partial charge in [0.1, 0.15) is 5.75 Å². The van der Waals surface area contributed by atoms with Gasteiger partial charge in [-0.25, -0.2) is 9.78 Å². The molecule has 9 heteroatoms. The van der Waals surface area contributed by atoms with Crippen LogP contribution in [0.5, 0.6) is 5.75 Å². The Morgan fingerprint density at radius 3 is 2.73 bits per heavy atom. The van der Waals surface area contributed by atoms with Crippen molar-refractivity contribution in [2.24, 2.45) is 0 Å². The van der Waals surface area contributed by atoms with Crippen LogP contribution in [0.3, 0.4) is 0 Å². The minimum atomic E-state index is -0.757. The van der Waals surface area contributed by atoms with E-state index < -0.39 is 17.4 Å². The SMILES string of the molecule is COc1cc2c(cc1C)nc1c(=O)[nH]c(=O)nc-1n2CCC(O)CCO. The second-order valence-corrected chi connectivity index (χ2v) is 6.07. The Kier molecular flexibility index (Phi) is 5.01. The van der Waals surface area contributed by atoms with E-state index >= 15 is 0 Å². The van der Waals surface area contributed by atoms with Crippen LogP contribution in [0.4, 0.5) is 0 Å². The van der Waals surface area contributed by atoms with Crippen molar-refractivity contribution in [1.82, 2.24) is 19.5 Å². The topological polar surface area (TPSA) is 130 Å². The summed E-state index contributed by atoms with van der Waals surface area (Å²) in [6.45, 7) is 2.03. The first kappa shape index (κ1) is 18.0. The first-order valence-electron chi connectivity index (χ1n) is 8.22. The quantitative estimate of drug-likeness (QED) is 0.529. The number of benzene rings is 1. The van der Waals surface area contributed by atoms with Gasteiger partial charge in [-0.2, -0.15) is 4.98 Å². The molecule has 1 aromatic carbocycles. The van der Waals surface area contributed by atoms with Crippen LogP contribution in [-0.2, 0) is 6.54 Å². The lowest BCUT2D eigenvalue weighted by Gasteiger charge is -2.19. The summed E-state index contributed by atoms with van der Waals surface area (Å²) in [7, 11) is 1.55. The first-order valence-corrected chi connectivity index (χ1v) is 8.22. The molecule has 0 bridgehead atoms. The van der Waals surface area contributed by atoms with Gasteiger partial charge < -0.3 is 19.5 Å². The normalized spacial score (nSPS) is 12.6. The Morgan fingerprint density at radius 2 is 2.04 bits per heavy atom. The van der Waals surface area contributed by atoms with E-state index in [9.17, 15) is 14.7 Å². The van der Waals surface area contributed by atoms with Gasteiger partial charge in [-0.3, -0.25) is 9.78 Å². The molecule has 1 aromatic rings. The fraction of sp³-hybridized carbons (Fsp3) is 0.412. The van der Waals surface area contributed by atoms with Crippen LogP contribution in [0.15, 0.2) is 21.7 Å². The van der Waals surface area contributed by atoms with Gasteiger partial charge >= 0.3 is 5.69 Å². The lowest BCUT2D eigenvalue weighted by Crippen LogP contribution is -2.29. The van der Waals surface area contributed by atoms with E-state index in [-0.39, 0.29) is 24.5 Å². The monoisotopic (exact) mass is 360 g/mol. The maximum Gasteiger partial charge on any atom is 0.349 e. The number of hydrogen-bond donors (Lipinski definition) is 3. The van der Waals surface area contributed by atoms with E-state index in [1.165, 1.54) is 0 Å². The zero-order valence-corrected chi connectivity index (χ0v) is 14.5. The number of aromatic nitrogens is 4. The van der Waals surface area contributed by atoms with Gasteiger partial charge in [0.2, 0.25) is 0 Å². The number of H-pyrrole nitrogens is 1. The van der Waals surface area contributed by atoms with E-state index in [1.54, 1.807) is 23.8 Å². The predicted octanol–water partition coefficient (Wildman–Crippen LogP) is 0.0350. The third-order valence-corrected chi connectivity index (χ3v) is 4.27. The largest absolute Gasteiger partial charge is 0.496 e. The van der Waals surface area contributed by atoms with Crippen molar-refractivity contribution in [1.29, 1.82) is 0 Å². The molecule has 0 amide bonds. The standard InChI is InChI=1S/C17H20N4O5/c1-9-7-11-12(8-13(9)26-2)21(5-3-10(23)4-6-22)15-14(18-11)16(24)20-17(25)19-15/h7-8,10,22-23H,3-6H2,1-2H3,(H,20,24,25). The summed E-state index contributed by atoms with van der Waals surface area (Å²) in [5, 5.41) is 18.9. The van der Waals surface area contributed by atoms with E-state index in [0.29, 0.717) is 29.7 Å². The van der Waals surface area contributed by atoms with Crippen LogP contribution in [0.2, 0.25) is 0 Å². The van der Waals surface area contributed by atoms with Crippen LogP contribution in [0.25, 0.3) is 22.6 Å². The highest BCUT2D eigenvalue weighted by Crippen LogP contribution is 2.28. The van der Waals surface area contributed by atoms with Crippen LogP contribution >= 0.6 is 0 Å². The zero-order valence-electron chi connectivity index (χ0n) is 14.5. The van der Waals surface area contributed by atoms with Crippen molar-refractivity contribution in [2.75, 3.05) is 13.7 Å². The smallest absolute Gasteiger partial charge is 0.349 e. The number of aryl methyl sites for hydroxylation is 2. The van der Waals surface area contributed by atoms with Crippen LogP contribution in [0.1, 0.15) is 18.4 Å². The van der Waals surface area contributed by atoms with Gasteiger partial charge in [-0.1, -0.05) is 0 Å². The molecule has 1 unspecified atom stereocenters. The molecule has 1 atom stereocenters. The van der Waals surface area contributed by atoms with Gasteiger partial charge in [0.25, 0.3) is 5.56 Å². The number of methoxy groups -OCH3 is 1. The predicted molar refractivity (Wildman–Crippen MR) is 94.7 cm³/mol. The Hall–Kier alpha value is -2.78. The minimum absolute atomic E-state index is 0.0540. The van der Waals surface area contributed by atoms with E-state index in [1.807, 2.05) is 6.92 Å². The summed E-state index contributed by atoms with van der Waals surface area (Å²) >= 11 is 0. The lowest BCUT2D eigenvalue weighted by molar-refractivity contribution is 0.121. The third kappa shape index (κ3) is 3.31. The Bertz CT molecular complexity index is 1030. The van der Waals surface area contributed by atoms with Gasteiger partial charge in [-0.05, 0) is 31.4 Å². The molecule has 138 valence electrons. The number of hydrogen-bond acceptors (Lipinski definition) is 7. The van der Waals surface area contributed by atoms with Crippen molar-refractivity contribution in [3.63, 3.8) is 0 Å². The van der Waals surface area contributed by atoms with Crippen molar-refractivity contribution in [2.45, 2.75) is 32.4 Å². The van der Waals surface area contributed by atoms with Crippen molar-refractivity contribution >= 4 is 11.0 Å². The molecule has 2 aliphatic rings. The molecule has 3 N–H and O–H groups in total. The molecule has 0 saturated heterocycles. The minimum Gasteiger partial charge on any atom is -0.496 e. The highest BCUT2D eigenvalue weighted by Gasteiger charge is 2.20. The van der Waals surface area contributed by atoms with Crippen molar-refractivity contribution in [3.8, 4) is 17.3 Å². The molecule has 0 radical (unpaired) electrons. The van der Waals surface area contributed by atoms with E-state index in [4.69, 9.17) is 9.84 Å². The van der Waals surface area contributed by atoms with Gasteiger partial charge in [0.15, 0.2) is 11.5 Å². The van der Waals surface area contributed by atoms with Crippen LogP contribution < -0.4 is 16.0 Å². The van der Waals surface area contributed by atoms with Gasteiger partial charge in [0.05, 0.1) is 24.2 Å². The molecule has 9 nitrogen and oxygen atoms in total. The molecule has 0 aliphatic carbocycles. The Morgan fingerprint density at radius 1 is 1.27 bits per heavy atom. The van der Waals surface area contributed by atoms with Crippen molar-refractivity contribution < 1.29 is 14.9 Å². The summed E-state index contributed by atoms with van der Waals surface area (Å²) < 4.78 is 7.04. The van der Waals surface area contributed by atoms with Gasteiger partial charge in [-0.15, -0.1) is 0 Å². The molecule has 26 heavy (non-hydrogen) atoms. The Balaban J connectivity index is 2.27. The molecule has 2 heterocycles. The summed E-state index contributed by atoms with van der Waals surface area (Å²) in [6.07, 6.45) is -0.157. The van der Waals surface area contributed by atoms with E-state index in [0.717, 1.165) is 5.56 Å². The molecule has 0 spiro atoms. The number of rotatable bonds is 6. The first-order chi connectivity index (χ1) is 12.4. The average Bonchev–Trinajstić information content (AvgIpc) is 2.59. The molecule has 3 rings (SSSR count). The zero-order chi connectivity index (χ0) is 18.8. The molecule has 2 aliphatic heterocycles. The number of fused-ring (bicyclic) bond motifs is 2. The van der Waals surface area contributed by atoms with Crippen LogP contribution in [-0.4, -0.2) is 49.6 Å². The summed E-state index contributed by atoms with van der Waals surface area (Å²) in [4.78, 5) is 34.2. The van der Waals surface area contributed by atoms with E-state index in [2.05, 4.69) is 15.0 Å². The lowest BCUT2D eigenvalue weighted by atomic mass is 10.1. The molecular formula is C17H20N4O5. The van der Waals surface area contributed by atoms with Crippen molar-refractivity contribution in [3.05, 3.63) is 38.5 Å². The summed E-state index contributed by atoms with van der Waals surface area (Å²) in [5.74, 6) is 0.781. The molecular weight excluding hydrogens is 340 g/mol. The molecule has 0 saturated carbocycles. The number of aromatic amines is 1. The second-order valence-electron chi connectivity index (χ2n) is 6.07. The highest BCUT2D eigenvalue weighted by molar-refractivity contribution is 5.81. The maximum absolute atomic E-state index is 12.2. The average molecular weight is 360 g/mol. The number of aliphatic hydroxyl groups excluding tert-OH is 2. The fourth-order valence-corrected chi connectivity index (χ4v) is 2.94. The summed E-state index contributed by atoms with van der Waals surface area (Å²) in [5.41, 5.74) is 0.723. The number of aliphatic hydroxyl groups is 2. The highest BCUT2D eigenvalue weighted by atomic mass is 16.5. The number of ether oxygens (including phenoxy) is 1. The second kappa shape index (κ2) is 7.22. The Labute approximate surface area is 148 Å². The van der Waals surface area contributed by atoms with Crippen LogP contribution in [0, 0.1) is 6.92 Å². The fourth-order valence-electron chi connectivity index (χ4n) is 2.94. The maximum atomic E-state index is 12.2.